The summed E-state index contributed by atoms with van der Waals surface area (Å²) in [6.07, 6.45) is 4.38. The Kier molecular flexibility index (Phi) is 4.53. The van der Waals surface area contributed by atoms with Crippen molar-refractivity contribution >= 4 is 5.91 Å². The monoisotopic (exact) mass is 273 g/mol. The maximum atomic E-state index is 11.5. The van der Waals surface area contributed by atoms with Crippen LogP contribution >= 0.6 is 0 Å². The topological polar surface area (TPSA) is 70.1 Å². The molecule has 2 rings (SSSR count). The van der Waals surface area contributed by atoms with E-state index in [-0.39, 0.29) is 0 Å². The number of pyridine rings is 1. The highest BCUT2D eigenvalue weighted by Gasteiger charge is 2.16. The fourth-order valence-corrected chi connectivity index (χ4v) is 2.30. The summed E-state index contributed by atoms with van der Waals surface area (Å²) in [6, 6.07) is 5.68. The van der Waals surface area contributed by atoms with Crippen LogP contribution in [-0.2, 0) is 11.3 Å². The molecule has 0 spiro atoms. The van der Waals surface area contributed by atoms with Crippen molar-refractivity contribution in [2.75, 3.05) is 13.7 Å². The van der Waals surface area contributed by atoms with Crippen LogP contribution in [0.2, 0.25) is 0 Å². The van der Waals surface area contributed by atoms with Gasteiger partial charge in [0.2, 0.25) is 0 Å². The third-order valence-corrected chi connectivity index (χ3v) is 3.32. The van der Waals surface area contributed by atoms with Gasteiger partial charge >= 0.3 is 0 Å². The number of rotatable bonds is 6. The van der Waals surface area contributed by atoms with Crippen LogP contribution in [0.15, 0.2) is 30.6 Å². The fraction of sp³-hybridized carbons (Fsp3) is 0.333. The van der Waals surface area contributed by atoms with Crippen LogP contribution in [0.1, 0.15) is 22.5 Å². The molecule has 2 aromatic heterocycles. The number of nitrogens with zero attached hydrogens (tertiary/aromatic N) is 2. The van der Waals surface area contributed by atoms with Gasteiger partial charge in [0.1, 0.15) is 0 Å². The highest BCUT2D eigenvalue weighted by molar-refractivity contribution is 5.95. The number of hydrogen-bond donors (Lipinski definition) is 1. The van der Waals surface area contributed by atoms with Gasteiger partial charge in [0.05, 0.1) is 11.3 Å². The Morgan fingerprint density at radius 3 is 2.90 bits per heavy atom. The third kappa shape index (κ3) is 2.88. The molecule has 1 amide bonds. The van der Waals surface area contributed by atoms with Crippen molar-refractivity contribution in [2.24, 2.45) is 5.73 Å². The number of hydrogen-bond acceptors (Lipinski definition) is 3. The molecule has 0 saturated heterocycles. The first-order valence-electron chi connectivity index (χ1n) is 6.54. The Hall–Kier alpha value is -2.14. The molecule has 20 heavy (non-hydrogen) atoms. The van der Waals surface area contributed by atoms with Crippen LogP contribution in [0.4, 0.5) is 0 Å². The fourth-order valence-electron chi connectivity index (χ4n) is 2.30. The van der Waals surface area contributed by atoms with Gasteiger partial charge < -0.3 is 15.0 Å². The maximum Gasteiger partial charge on any atom is 0.250 e. The number of carbonyl (C=O) groups is 1. The highest BCUT2D eigenvalue weighted by Crippen LogP contribution is 2.25. The van der Waals surface area contributed by atoms with E-state index in [4.69, 9.17) is 10.5 Å². The Morgan fingerprint density at radius 1 is 1.50 bits per heavy atom. The zero-order valence-electron chi connectivity index (χ0n) is 11.8. The molecule has 0 bridgehead atoms. The van der Waals surface area contributed by atoms with E-state index >= 15 is 0 Å². The molecule has 0 fully saturated rings. The van der Waals surface area contributed by atoms with Crippen LogP contribution in [0.3, 0.4) is 0 Å². The van der Waals surface area contributed by atoms with E-state index in [1.54, 1.807) is 19.5 Å². The summed E-state index contributed by atoms with van der Waals surface area (Å²) in [5, 5.41) is 0. The number of aromatic nitrogens is 2. The Labute approximate surface area is 118 Å². The van der Waals surface area contributed by atoms with Crippen molar-refractivity contribution in [3.05, 3.63) is 41.9 Å². The summed E-state index contributed by atoms with van der Waals surface area (Å²) in [6.45, 7) is 3.36. The molecule has 5 heteroatoms. The lowest BCUT2D eigenvalue weighted by atomic mass is 10.2. The first-order chi connectivity index (χ1) is 9.65. The summed E-state index contributed by atoms with van der Waals surface area (Å²) in [5.74, 6) is -0.405. The molecule has 0 aliphatic rings. The van der Waals surface area contributed by atoms with Crippen LogP contribution in [-0.4, -0.2) is 29.2 Å². The predicted molar refractivity (Wildman–Crippen MR) is 77.4 cm³/mol. The predicted octanol–water partition coefficient (Wildman–Crippen LogP) is 1.99. The molecule has 2 heterocycles. The van der Waals surface area contributed by atoms with E-state index in [9.17, 15) is 4.79 Å². The normalized spacial score (nSPS) is 10.7. The zero-order valence-corrected chi connectivity index (χ0v) is 11.8. The molecule has 2 N–H and O–H groups in total. The molecule has 0 aromatic carbocycles. The molecular weight excluding hydrogens is 254 g/mol. The molecule has 0 aliphatic heterocycles. The van der Waals surface area contributed by atoms with E-state index in [0.29, 0.717) is 12.2 Å². The minimum atomic E-state index is -0.405. The number of amides is 1. The van der Waals surface area contributed by atoms with Gasteiger partial charge in [-0.3, -0.25) is 9.78 Å². The van der Waals surface area contributed by atoms with E-state index in [1.807, 2.05) is 25.1 Å². The largest absolute Gasteiger partial charge is 0.385 e. The molecule has 106 valence electrons. The first kappa shape index (κ1) is 14.3. The minimum Gasteiger partial charge on any atom is -0.385 e. The van der Waals surface area contributed by atoms with Gasteiger partial charge in [-0.05, 0) is 31.5 Å². The summed E-state index contributed by atoms with van der Waals surface area (Å²) >= 11 is 0. The Morgan fingerprint density at radius 2 is 2.30 bits per heavy atom. The van der Waals surface area contributed by atoms with E-state index in [2.05, 4.69) is 9.55 Å². The lowest BCUT2D eigenvalue weighted by molar-refractivity contribution is 0.0999. The zero-order chi connectivity index (χ0) is 14.5. The maximum absolute atomic E-state index is 11.5. The van der Waals surface area contributed by atoms with E-state index in [0.717, 1.165) is 29.9 Å². The van der Waals surface area contributed by atoms with Crippen molar-refractivity contribution < 1.29 is 9.53 Å². The van der Waals surface area contributed by atoms with Gasteiger partial charge in [0.15, 0.2) is 0 Å². The van der Waals surface area contributed by atoms with Gasteiger partial charge in [-0.15, -0.1) is 0 Å². The van der Waals surface area contributed by atoms with Gasteiger partial charge in [-0.1, -0.05) is 0 Å². The van der Waals surface area contributed by atoms with Crippen molar-refractivity contribution in [2.45, 2.75) is 19.9 Å². The lowest BCUT2D eigenvalue weighted by Crippen LogP contribution is -2.13. The number of carbonyl (C=O) groups excluding carboxylic acids is 1. The number of ether oxygens (including phenoxy) is 1. The summed E-state index contributed by atoms with van der Waals surface area (Å²) in [5.41, 5.74) is 8.81. The second-order valence-electron chi connectivity index (χ2n) is 4.63. The van der Waals surface area contributed by atoms with Crippen LogP contribution in [0.25, 0.3) is 11.3 Å². The van der Waals surface area contributed by atoms with Crippen molar-refractivity contribution in [3.63, 3.8) is 0 Å². The Balaban J connectivity index is 2.43. The molecule has 0 aliphatic carbocycles. The van der Waals surface area contributed by atoms with Gasteiger partial charge in [-0.2, -0.15) is 0 Å². The average Bonchev–Trinajstić information content (AvgIpc) is 2.78. The van der Waals surface area contributed by atoms with E-state index in [1.165, 1.54) is 0 Å². The molecule has 2 aromatic rings. The minimum absolute atomic E-state index is 0.405. The standard InChI is InChI=1S/C15H19N3O2/c1-11-13(15(16)19)9-14(12-5-3-6-17-10-12)18(11)7-4-8-20-2/h3,5-6,9-10H,4,7-8H2,1-2H3,(H2,16,19). The first-order valence-corrected chi connectivity index (χ1v) is 6.54. The number of methoxy groups -OCH3 is 1. The number of primary amides is 1. The summed E-state index contributed by atoms with van der Waals surface area (Å²) < 4.78 is 7.18. The van der Waals surface area contributed by atoms with Crippen molar-refractivity contribution in [1.29, 1.82) is 0 Å². The molecule has 0 atom stereocenters. The molecule has 0 saturated carbocycles. The van der Waals surface area contributed by atoms with Crippen LogP contribution < -0.4 is 5.73 Å². The quantitative estimate of drug-likeness (QED) is 0.818. The van der Waals surface area contributed by atoms with E-state index < -0.39 is 5.91 Å². The molecular formula is C15H19N3O2. The average molecular weight is 273 g/mol. The molecule has 0 radical (unpaired) electrons. The Bertz CT molecular complexity index is 591. The number of nitrogens with two attached hydrogens (primary N) is 1. The third-order valence-electron chi connectivity index (χ3n) is 3.32. The molecule has 5 nitrogen and oxygen atoms in total. The highest BCUT2D eigenvalue weighted by atomic mass is 16.5. The summed E-state index contributed by atoms with van der Waals surface area (Å²) in [4.78, 5) is 15.6. The van der Waals surface area contributed by atoms with Gasteiger partial charge in [0, 0.05) is 43.9 Å². The van der Waals surface area contributed by atoms with Crippen LogP contribution in [0, 0.1) is 6.92 Å². The van der Waals surface area contributed by atoms with Crippen LogP contribution in [0.5, 0.6) is 0 Å². The van der Waals surface area contributed by atoms with Gasteiger partial charge in [-0.25, -0.2) is 0 Å². The smallest absolute Gasteiger partial charge is 0.250 e. The summed E-state index contributed by atoms with van der Waals surface area (Å²) in [7, 11) is 1.68. The second-order valence-corrected chi connectivity index (χ2v) is 4.63. The van der Waals surface area contributed by atoms with Crippen molar-refractivity contribution in [3.8, 4) is 11.3 Å². The molecule has 0 unspecified atom stereocenters. The van der Waals surface area contributed by atoms with Crippen molar-refractivity contribution in [1.82, 2.24) is 9.55 Å². The SMILES string of the molecule is COCCCn1c(-c2cccnc2)cc(C(N)=O)c1C. The second kappa shape index (κ2) is 6.34. The van der Waals surface area contributed by atoms with Gasteiger partial charge in [0.25, 0.3) is 5.91 Å². The lowest BCUT2D eigenvalue weighted by Gasteiger charge is -2.11.